The number of nitrogens with zero attached hydrogens (tertiary/aromatic N) is 1. The molecule has 1 aliphatic heterocycles. The molecule has 1 saturated heterocycles. The molecule has 0 aromatic carbocycles. The lowest BCUT2D eigenvalue weighted by Gasteiger charge is -2.36. The molecule has 23 heavy (non-hydrogen) atoms. The molecule has 1 heterocycles. The molecule has 0 radical (unpaired) electrons. The zero-order valence-corrected chi connectivity index (χ0v) is 15.4. The Balaban J connectivity index is 2.85. The highest BCUT2D eigenvalue weighted by atomic mass is 16.5. The van der Waals surface area contributed by atoms with Crippen LogP contribution in [0.15, 0.2) is 12.7 Å². The van der Waals surface area contributed by atoms with Crippen LogP contribution in [0.3, 0.4) is 0 Å². The summed E-state index contributed by atoms with van der Waals surface area (Å²) in [6, 6.07) is -0.381. The second-order valence-corrected chi connectivity index (χ2v) is 7.55. The van der Waals surface area contributed by atoms with E-state index < -0.39 is 11.1 Å². The van der Waals surface area contributed by atoms with Gasteiger partial charge < -0.3 is 4.74 Å². The van der Waals surface area contributed by atoms with Gasteiger partial charge in [-0.1, -0.05) is 40.2 Å². The van der Waals surface area contributed by atoms with Crippen molar-refractivity contribution >= 4 is 11.9 Å². The molecule has 5 heteroatoms. The second-order valence-electron chi connectivity index (χ2n) is 7.55. The molecule has 0 spiro atoms. The maximum Gasteiger partial charge on any atom is 0.326 e. The molecule has 0 bridgehead atoms. The molecular formula is C18H32N2O3. The van der Waals surface area contributed by atoms with Crippen LogP contribution < -0.4 is 5.32 Å². The topological polar surface area (TPSA) is 58.6 Å². The Hall–Kier alpha value is -1.36. The summed E-state index contributed by atoms with van der Waals surface area (Å²) in [5, 5.41) is 2.57. The van der Waals surface area contributed by atoms with E-state index in [0.29, 0.717) is 18.9 Å². The number of urea groups is 1. The van der Waals surface area contributed by atoms with Crippen molar-refractivity contribution in [3.63, 3.8) is 0 Å². The third-order valence-electron chi connectivity index (χ3n) is 4.85. The fourth-order valence-corrected chi connectivity index (χ4v) is 2.82. The molecule has 2 atom stereocenters. The molecule has 5 nitrogen and oxygen atoms in total. The van der Waals surface area contributed by atoms with Crippen LogP contribution in [0.4, 0.5) is 4.79 Å². The van der Waals surface area contributed by atoms with E-state index in [4.69, 9.17) is 4.74 Å². The summed E-state index contributed by atoms with van der Waals surface area (Å²) in [4.78, 5) is 26.9. The number of nitrogens with one attached hydrogen (secondary N) is 1. The Morgan fingerprint density at radius 1 is 1.48 bits per heavy atom. The fraction of sp³-hybridized carbons (Fsp3) is 0.778. The number of amides is 3. The van der Waals surface area contributed by atoms with Crippen LogP contribution in [-0.2, 0) is 9.53 Å². The van der Waals surface area contributed by atoms with Gasteiger partial charge in [-0.2, -0.15) is 0 Å². The van der Waals surface area contributed by atoms with Crippen molar-refractivity contribution in [3.8, 4) is 0 Å². The first kappa shape index (κ1) is 19.7. The van der Waals surface area contributed by atoms with Gasteiger partial charge in [0.1, 0.15) is 5.72 Å². The Bertz CT molecular complexity index is 457. The van der Waals surface area contributed by atoms with Gasteiger partial charge in [0.15, 0.2) is 0 Å². The number of imide groups is 1. The average molecular weight is 324 g/mol. The number of carbonyl (C=O) groups is 2. The van der Waals surface area contributed by atoms with Gasteiger partial charge in [0.2, 0.25) is 5.91 Å². The monoisotopic (exact) mass is 324 g/mol. The summed E-state index contributed by atoms with van der Waals surface area (Å²) >= 11 is 0. The van der Waals surface area contributed by atoms with E-state index in [1.54, 1.807) is 11.0 Å². The van der Waals surface area contributed by atoms with Crippen molar-refractivity contribution in [1.82, 2.24) is 10.2 Å². The number of ether oxygens (including phenoxy) is 1. The molecule has 1 N–H and O–H groups in total. The molecule has 0 aromatic heterocycles. The zero-order chi connectivity index (χ0) is 17.8. The van der Waals surface area contributed by atoms with Crippen LogP contribution in [0.2, 0.25) is 0 Å². The first-order valence-corrected chi connectivity index (χ1v) is 8.46. The Labute approximate surface area is 140 Å². The lowest BCUT2D eigenvalue weighted by atomic mass is 9.87. The van der Waals surface area contributed by atoms with E-state index in [0.717, 1.165) is 12.8 Å². The molecule has 132 valence electrons. The van der Waals surface area contributed by atoms with Crippen molar-refractivity contribution in [2.75, 3.05) is 6.61 Å². The summed E-state index contributed by atoms with van der Waals surface area (Å²) < 4.78 is 5.78. The molecule has 1 aliphatic rings. The van der Waals surface area contributed by atoms with Gasteiger partial charge in [-0.25, -0.2) is 4.79 Å². The van der Waals surface area contributed by atoms with Crippen LogP contribution >= 0.6 is 0 Å². The predicted octanol–water partition coefficient (Wildman–Crippen LogP) is 3.70. The van der Waals surface area contributed by atoms with Gasteiger partial charge in [-0.15, -0.1) is 6.58 Å². The lowest BCUT2D eigenvalue weighted by molar-refractivity contribution is -0.129. The average Bonchev–Trinajstić information content (AvgIpc) is 2.79. The number of hydrogen-bond donors (Lipinski definition) is 1. The number of hydrogen-bond acceptors (Lipinski definition) is 3. The van der Waals surface area contributed by atoms with Crippen molar-refractivity contribution in [2.45, 2.75) is 72.6 Å². The first-order valence-electron chi connectivity index (χ1n) is 8.46. The van der Waals surface area contributed by atoms with Crippen LogP contribution in [-0.4, -0.2) is 35.2 Å². The molecule has 0 saturated carbocycles. The van der Waals surface area contributed by atoms with E-state index in [9.17, 15) is 9.59 Å². The summed E-state index contributed by atoms with van der Waals surface area (Å²) in [6.45, 7) is 15.8. The van der Waals surface area contributed by atoms with E-state index in [1.807, 2.05) is 27.7 Å². The molecule has 3 amide bonds. The second kappa shape index (κ2) is 7.47. The maximum atomic E-state index is 12.7. The first-order chi connectivity index (χ1) is 10.6. The highest BCUT2D eigenvalue weighted by Gasteiger charge is 2.46. The van der Waals surface area contributed by atoms with Gasteiger partial charge in [0.05, 0.1) is 12.6 Å². The Morgan fingerprint density at radius 3 is 2.61 bits per heavy atom. The van der Waals surface area contributed by atoms with E-state index in [-0.39, 0.29) is 18.0 Å². The minimum Gasteiger partial charge on any atom is -0.354 e. The summed E-state index contributed by atoms with van der Waals surface area (Å²) in [7, 11) is 0. The van der Waals surface area contributed by atoms with Gasteiger partial charge in [0, 0.05) is 5.41 Å². The normalized spacial score (nSPS) is 21.8. The van der Waals surface area contributed by atoms with Crippen molar-refractivity contribution in [1.29, 1.82) is 0 Å². The van der Waals surface area contributed by atoms with Crippen molar-refractivity contribution < 1.29 is 14.3 Å². The van der Waals surface area contributed by atoms with Gasteiger partial charge >= 0.3 is 6.03 Å². The largest absolute Gasteiger partial charge is 0.354 e. The molecule has 1 rings (SSSR count). The highest BCUT2D eigenvalue weighted by molar-refractivity contribution is 5.97. The molecular weight excluding hydrogens is 292 g/mol. The standard InChI is InChI=1S/C18H32N2O3/c1-8-10-11-17(4,5)15(21)19-16(22)20-14(13(3)9-2)12-23-18(20,6)7/h8,13-14H,1,9-12H2,2-7H3,(H,19,21,22)/t13-,14-/m1/s1. The smallest absolute Gasteiger partial charge is 0.326 e. The number of rotatable bonds is 6. The zero-order valence-electron chi connectivity index (χ0n) is 15.4. The van der Waals surface area contributed by atoms with E-state index in [2.05, 4.69) is 25.7 Å². The van der Waals surface area contributed by atoms with Crippen molar-refractivity contribution in [2.24, 2.45) is 11.3 Å². The maximum absolute atomic E-state index is 12.7. The fourth-order valence-electron chi connectivity index (χ4n) is 2.82. The SMILES string of the molecule is C=CCCC(C)(C)C(=O)NC(=O)N1[C@@H]([C@H](C)CC)COC1(C)C. The van der Waals surface area contributed by atoms with Crippen LogP contribution in [0, 0.1) is 11.3 Å². The molecule has 0 aliphatic carbocycles. The van der Waals surface area contributed by atoms with Crippen LogP contribution in [0.25, 0.3) is 0 Å². The van der Waals surface area contributed by atoms with Crippen LogP contribution in [0.1, 0.15) is 60.8 Å². The van der Waals surface area contributed by atoms with Gasteiger partial charge in [0.25, 0.3) is 0 Å². The highest BCUT2D eigenvalue weighted by Crippen LogP contribution is 2.32. The van der Waals surface area contributed by atoms with E-state index in [1.165, 1.54) is 0 Å². The summed E-state index contributed by atoms with van der Waals surface area (Å²) in [5.41, 5.74) is -1.32. The minimum absolute atomic E-state index is 0.0147. The third kappa shape index (κ3) is 4.56. The van der Waals surface area contributed by atoms with Gasteiger partial charge in [-0.3, -0.25) is 15.0 Å². The molecule has 0 aromatic rings. The van der Waals surface area contributed by atoms with Crippen molar-refractivity contribution in [3.05, 3.63) is 12.7 Å². The predicted molar refractivity (Wildman–Crippen MR) is 91.9 cm³/mol. The Morgan fingerprint density at radius 2 is 2.09 bits per heavy atom. The van der Waals surface area contributed by atoms with Crippen LogP contribution in [0.5, 0.6) is 0 Å². The summed E-state index contributed by atoms with van der Waals surface area (Å²) in [6.07, 6.45) is 4.13. The lowest BCUT2D eigenvalue weighted by Crippen LogP contribution is -2.56. The molecule has 1 fully saturated rings. The Kier molecular flexibility index (Phi) is 6.40. The number of allylic oxidation sites excluding steroid dienone is 1. The number of carbonyl (C=O) groups excluding carboxylic acids is 2. The quantitative estimate of drug-likeness (QED) is 0.758. The molecule has 0 unspecified atom stereocenters. The minimum atomic E-state index is -0.705. The van der Waals surface area contributed by atoms with E-state index >= 15 is 0 Å². The summed E-state index contributed by atoms with van der Waals surface area (Å²) in [5.74, 6) is 0.0568. The van der Waals surface area contributed by atoms with Gasteiger partial charge in [-0.05, 0) is 32.6 Å². The third-order valence-corrected chi connectivity index (χ3v) is 4.85.